The number of alkyl halides is 3. The Bertz CT molecular complexity index is 586. The van der Waals surface area contributed by atoms with Crippen LogP contribution in [0.5, 0.6) is 5.88 Å². The lowest BCUT2D eigenvalue weighted by atomic mass is 9.74. The number of ether oxygens (including phenoxy) is 1. The highest BCUT2D eigenvalue weighted by Crippen LogP contribution is 2.44. The summed E-state index contributed by atoms with van der Waals surface area (Å²) < 4.78 is 60.7. The van der Waals surface area contributed by atoms with Crippen LogP contribution in [-0.2, 0) is 0 Å². The first-order valence-electron chi connectivity index (χ1n) is 9.64. The lowest BCUT2D eigenvalue weighted by molar-refractivity contribution is -0.231. The molecule has 1 aliphatic carbocycles. The maximum absolute atomic E-state index is 13.9. The van der Waals surface area contributed by atoms with E-state index in [0.29, 0.717) is 25.7 Å². The molecule has 154 valence electrons. The van der Waals surface area contributed by atoms with E-state index in [1.165, 1.54) is 6.42 Å². The summed E-state index contributed by atoms with van der Waals surface area (Å²) in [6.07, 6.45) is 3.37. The Morgan fingerprint density at radius 3 is 1.96 bits per heavy atom. The Kier molecular flexibility index (Phi) is 8.13. The van der Waals surface area contributed by atoms with Gasteiger partial charge in [0.2, 0.25) is 17.2 Å². The molecule has 0 saturated heterocycles. The van der Waals surface area contributed by atoms with Crippen molar-refractivity contribution in [2.24, 2.45) is 5.41 Å². The van der Waals surface area contributed by atoms with E-state index >= 15 is 0 Å². The lowest BCUT2D eigenvalue weighted by Crippen LogP contribution is -2.48. The van der Waals surface area contributed by atoms with Crippen LogP contribution in [0, 0.1) is 11.2 Å². The number of hydrogen-bond acceptors (Lipinski definition) is 3. The fraction of sp³-hybridized carbons (Fsp3) is 0.789. The monoisotopic (exact) mass is 410 g/mol. The average Bonchev–Trinajstić information content (AvgIpc) is 2.58. The van der Waals surface area contributed by atoms with Crippen molar-refractivity contribution < 1.29 is 22.3 Å². The molecule has 1 aromatic rings. The van der Waals surface area contributed by atoms with Crippen LogP contribution in [0.2, 0.25) is 5.28 Å². The summed E-state index contributed by atoms with van der Waals surface area (Å²) in [5.41, 5.74) is -1.15. The Morgan fingerprint density at radius 2 is 1.48 bits per heavy atom. The van der Waals surface area contributed by atoms with E-state index in [1.807, 2.05) is 0 Å². The molecule has 0 amide bonds. The van der Waals surface area contributed by atoms with Crippen LogP contribution in [-0.4, -0.2) is 22.2 Å². The lowest BCUT2D eigenvalue weighted by Gasteiger charge is -2.38. The van der Waals surface area contributed by atoms with Crippen molar-refractivity contribution in [3.05, 3.63) is 17.3 Å². The van der Waals surface area contributed by atoms with Crippen molar-refractivity contribution >= 4 is 11.6 Å². The summed E-state index contributed by atoms with van der Waals surface area (Å²) in [7, 11) is 0. The molecule has 0 radical (unpaired) electrons. The van der Waals surface area contributed by atoms with Gasteiger partial charge < -0.3 is 4.74 Å². The molecule has 0 bridgehead atoms. The van der Waals surface area contributed by atoms with E-state index in [4.69, 9.17) is 16.3 Å². The van der Waals surface area contributed by atoms with Gasteiger partial charge in [0, 0.05) is 5.41 Å². The fourth-order valence-electron chi connectivity index (χ4n) is 3.81. The zero-order valence-corrected chi connectivity index (χ0v) is 16.4. The van der Waals surface area contributed by atoms with Gasteiger partial charge >= 0.3 is 6.18 Å². The van der Waals surface area contributed by atoms with Gasteiger partial charge in [0.25, 0.3) is 5.88 Å². The number of nitrogens with zero attached hydrogens (tertiary/aromatic N) is 2. The largest absolute Gasteiger partial charge is 0.462 e. The standard InChI is InChI=1S/C19H27ClF4N2O/c1-18(11-9-7-5-3-2-4-6-8-10-12-18)16(19(22,23)24)27-15-14(21)13-25-17(20)26-15/h13,16H,2-12H2,1H3. The average molecular weight is 411 g/mol. The van der Waals surface area contributed by atoms with Crippen molar-refractivity contribution in [2.45, 2.75) is 89.8 Å². The number of hydrogen-bond donors (Lipinski definition) is 0. The van der Waals surface area contributed by atoms with Crippen LogP contribution in [0.3, 0.4) is 0 Å². The third kappa shape index (κ3) is 6.77. The Morgan fingerprint density at radius 1 is 1.00 bits per heavy atom. The van der Waals surface area contributed by atoms with E-state index in [2.05, 4.69) is 9.97 Å². The molecule has 8 heteroatoms. The van der Waals surface area contributed by atoms with Crippen LogP contribution < -0.4 is 4.74 Å². The minimum Gasteiger partial charge on any atom is -0.462 e. The minimum atomic E-state index is -4.64. The third-order valence-corrected chi connectivity index (χ3v) is 5.52. The SMILES string of the molecule is CC1(C(Oc2nc(Cl)ncc2F)C(F)(F)F)CCCCCCCCCCC1. The van der Waals surface area contributed by atoms with Gasteiger partial charge in [0.05, 0.1) is 6.20 Å². The van der Waals surface area contributed by atoms with E-state index in [1.54, 1.807) is 6.92 Å². The molecule has 1 atom stereocenters. The predicted octanol–water partition coefficient (Wildman–Crippen LogP) is 6.89. The molecule has 0 N–H and O–H groups in total. The van der Waals surface area contributed by atoms with Gasteiger partial charge in [0.15, 0.2) is 0 Å². The second-order valence-electron chi connectivity index (χ2n) is 7.67. The first kappa shape index (κ1) is 22.2. The number of rotatable bonds is 3. The second-order valence-corrected chi connectivity index (χ2v) is 8.01. The molecular formula is C19H27ClF4N2O. The zero-order chi connectivity index (χ0) is 19.9. The molecule has 0 spiro atoms. The van der Waals surface area contributed by atoms with Crippen molar-refractivity contribution in [2.75, 3.05) is 0 Å². The summed E-state index contributed by atoms with van der Waals surface area (Å²) in [6, 6.07) is 0. The summed E-state index contributed by atoms with van der Waals surface area (Å²) in [5, 5.41) is -0.351. The zero-order valence-electron chi connectivity index (χ0n) is 15.6. The van der Waals surface area contributed by atoms with Gasteiger partial charge in [-0.25, -0.2) is 4.98 Å². The topological polar surface area (TPSA) is 35.0 Å². The van der Waals surface area contributed by atoms with Gasteiger partial charge in [-0.05, 0) is 24.4 Å². The van der Waals surface area contributed by atoms with Crippen molar-refractivity contribution in [3.8, 4) is 5.88 Å². The van der Waals surface area contributed by atoms with Gasteiger partial charge in [-0.3, -0.25) is 0 Å². The van der Waals surface area contributed by atoms with Gasteiger partial charge in [0.1, 0.15) is 0 Å². The first-order valence-corrected chi connectivity index (χ1v) is 10.0. The minimum absolute atomic E-state index is 0.351. The molecule has 1 unspecified atom stereocenters. The molecule has 1 aromatic heterocycles. The maximum atomic E-state index is 13.9. The van der Waals surface area contributed by atoms with Crippen LogP contribution >= 0.6 is 11.6 Å². The van der Waals surface area contributed by atoms with Crippen LogP contribution in [0.25, 0.3) is 0 Å². The van der Waals surface area contributed by atoms with Gasteiger partial charge in [-0.15, -0.1) is 0 Å². The smallest absolute Gasteiger partial charge is 0.426 e. The molecular weight excluding hydrogens is 384 g/mol. The molecule has 1 saturated carbocycles. The molecule has 1 fully saturated rings. The van der Waals surface area contributed by atoms with E-state index < -0.39 is 29.4 Å². The summed E-state index contributed by atoms with van der Waals surface area (Å²) in [6.45, 7) is 1.59. The van der Waals surface area contributed by atoms with Crippen molar-refractivity contribution in [1.29, 1.82) is 0 Å². The van der Waals surface area contributed by atoms with Crippen molar-refractivity contribution in [1.82, 2.24) is 9.97 Å². The molecule has 3 nitrogen and oxygen atoms in total. The fourth-order valence-corrected chi connectivity index (χ4v) is 3.94. The Balaban J connectivity index is 2.25. The normalized spacial score (nSPS) is 21.0. The molecule has 2 rings (SSSR count). The predicted molar refractivity (Wildman–Crippen MR) is 96.4 cm³/mol. The number of aromatic nitrogens is 2. The van der Waals surface area contributed by atoms with Gasteiger partial charge in [-0.1, -0.05) is 64.7 Å². The highest BCUT2D eigenvalue weighted by molar-refractivity contribution is 6.28. The van der Waals surface area contributed by atoms with E-state index in [0.717, 1.165) is 44.7 Å². The van der Waals surface area contributed by atoms with Crippen LogP contribution in [0.1, 0.15) is 77.6 Å². The van der Waals surface area contributed by atoms with E-state index in [-0.39, 0.29) is 5.28 Å². The quantitative estimate of drug-likeness (QED) is 0.402. The van der Waals surface area contributed by atoms with Crippen molar-refractivity contribution in [3.63, 3.8) is 0 Å². The number of halogens is 5. The summed E-state index contributed by atoms with van der Waals surface area (Å²) >= 11 is 5.61. The maximum Gasteiger partial charge on any atom is 0.426 e. The van der Waals surface area contributed by atoms with Gasteiger partial charge in [-0.2, -0.15) is 22.5 Å². The van der Waals surface area contributed by atoms with Crippen LogP contribution in [0.15, 0.2) is 6.20 Å². The molecule has 1 heterocycles. The highest BCUT2D eigenvalue weighted by Gasteiger charge is 2.53. The highest BCUT2D eigenvalue weighted by atomic mass is 35.5. The molecule has 1 aliphatic rings. The Labute approximate surface area is 162 Å². The van der Waals surface area contributed by atoms with E-state index in [9.17, 15) is 17.6 Å². The Hall–Kier alpha value is -1.11. The first-order chi connectivity index (χ1) is 12.7. The molecule has 27 heavy (non-hydrogen) atoms. The molecule has 0 aliphatic heterocycles. The summed E-state index contributed by atoms with van der Waals surface area (Å²) in [5.74, 6) is -1.80. The van der Waals surface area contributed by atoms with Crippen LogP contribution in [0.4, 0.5) is 17.6 Å². The summed E-state index contributed by atoms with van der Waals surface area (Å²) in [4.78, 5) is 6.94. The molecule has 0 aromatic carbocycles. The second kappa shape index (κ2) is 9.89. The third-order valence-electron chi connectivity index (χ3n) is 5.34.